The molecular weight excluding hydrogens is 375 g/mol. The fraction of sp³-hybridized carbons (Fsp3) is 0.438. The van der Waals surface area contributed by atoms with E-state index in [1.807, 2.05) is 19.1 Å². The average Bonchev–Trinajstić information content (AvgIpc) is 2.51. The van der Waals surface area contributed by atoms with Crippen LogP contribution in [-0.2, 0) is 26.1 Å². The summed E-state index contributed by atoms with van der Waals surface area (Å²) in [4.78, 5) is 20.0. The van der Waals surface area contributed by atoms with Crippen molar-refractivity contribution in [2.24, 2.45) is 0 Å². The molecule has 0 saturated heterocycles. The molecule has 0 bridgehead atoms. The Balaban J connectivity index is 0. The number of carboxylic acids is 2. The monoisotopic (exact) mass is 398 g/mol. The summed E-state index contributed by atoms with van der Waals surface area (Å²) in [5, 5.41) is 13.9. The van der Waals surface area contributed by atoms with Gasteiger partial charge in [-0.3, -0.25) is 14.1 Å². The number of para-hydroxylation sites is 1. The van der Waals surface area contributed by atoms with Crippen LogP contribution >= 0.6 is 0 Å². The van der Waals surface area contributed by atoms with E-state index in [1.165, 1.54) is 18.4 Å². The maximum Gasteiger partial charge on any atom is 1.00 e. The zero-order chi connectivity index (χ0) is 19.5. The van der Waals surface area contributed by atoms with E-state index in [4.69, 9.17) is 19.5 Å². The Bertz CT molecular complexity index is 660. The van der Waals surface area contributed by atoms with Crippen LogP contribution in [0.3, 0.4) is 0 Å². The zero-order valence-electron chi connectivity index (χ0n) is 15.1. The van der Waals surface area contributed by atoms with Crippen LogP contribution < -0.4 is 34.3 Å². The molecule has 0 aliphatic rings. The maximum absolute atomic E-state index is 10.2. The summed E-state index contributed by atoms with van der Waals surface area (Å²) in [6.45, 7) is 5.83. The predicted octanol–water partition coefficient (Wildman–Crippen LogP) is -0.604. The van der Waals surface area contributed by atoms with E-state index in [-0.39, 0.29) is 29.6 Å². The third-order valence-electron chi connectivity index (χ3n) is 3.01. The third kappa shape index (κ3) is 11.5. The van der Waals surface area contributed by atoms with Gasteiger partial charge in [0.15, 0.2) is 5.25 Å². The van der Waals surface area contributed by atoms with Gasteiger partial charge in [-0.2, -0.15) is 21.9 Å². The molecule has 0 radical (unpaired) electrons. The van der Waals surface area contributed by atoms with Gasteiger partial charge in [0.25, 0.3) is 10.1 Å². The Morgan fingerprint density at radius 2 is 1.81 bits per heavy atom. The molecule has 10 heteroatoms. The van der Waals surface area contributed by atoms with E-state index in [9.17, 15) is 18.0 Å². The number of hydrogen-bond acceptors (Lipinski definition) is 5. The molecule has 0 fully saturated rings. The quantitative estimate of drug-likeness (QED) is 0.285. The van der Waals surface area contributed by atoms with Gasteiger partial charge in [-0.1, -0.05) is 31.5 Å². The van der Waals surface area contributed by atoms with Crippen molar-refractivity contribution in [1.29, 1.82) is 0 Å². The van der Waals surface area contributed by atoms with Crippen LogP contribution in [0.1, 0.15) is 38.7 Å². The van der Waals surface area contributed by atoms with Crippen molar-refractivity contribution < 1.29 is 67.1 Å². The van der Waals surface area contributed by atoms with Crippen LogP contribution in [0.4, 0.5) is 0 Å². The fourth-order valence-corrected chi connectivity index (χ4v) is 2.41. The van der Waals surface area contributed by atoms with Gasteiger partial charge in [0.05, 0.1) is 12.2 Å². The first-order chi connectivity index (χ1) is 11.6. The molecule has 0 amide bonds. The summed E-state index contributed by atoms with van der Waals surface area (Å²) in [7, 11) is -4.84. The minimum absolute atomic E-state index is 0. The molecule has 1 unspecified atom stereocenters. The van der Waals surface area contributed by atoms with Gasteiger partial charge >= 0.3 is 41.5 Å². The molecule has 0 saturated carbocycles. The van der Waals surface area contributed by atoms with E-state index in [2.05, 4.69) is 19.1 Å². The standard InChI is InChI=1S/C12H17O.C4H6O7S.Na/c1-3-5-8-11-9-6-7-10-12(11)13-4-2;5-3(6)1-2(4(7)8)12(9,10)11;/h4,6-7,9-10H,3,5,8H2,1-2H3;2H,1H2,(H,5,6)(H,7,8)(H,9,10,11);/q-1;;+1. The fourth-order valence-electron chi connectivity index (χ4n) is 1.80. The summed E-state index contributed by atoms with van der Waals surface area (Å²) >= 11 is 0. The van der Waals surface area contributed by atoms with E-state index < -0.39 is 33.7 Å². The Morgan fingerprint density at radius 1 is 1.23 bits per heavy atom. The zero-order valence-corrected chi connectivity index (χ0v) is 17.9. The van der Waals surface area contributed by atoms with Gasteiger partial charge in [0, 0.05) is 0 Å². The van der Waals surface area contributed by atoms with Crippen molar-refractivity contribution in [1.82, 2.24) is 0 Å². The Kier molecular flexibility index (Phi) is 14.6. The van der Waals surface area contributed by atoms with Gasteiger partial charge < -0.3 is 14.9 Å². The molecule has 1 aromatic rings. The molecule has 1 atom stereocenters. The summed E-state index contributed by atoms with van der Waals surface area (Å²) in [6.07, 6.45) is 2.41. The molecule has 1 aromatic carbocycles. The van der Waals surface area contributed by atoms with Gasteiger partial charge in [-0.25, -0.2) is 0 Å². The molecule has 142 valence electrons. The number of rotatable bonds is 9. The van der Waals surface area contributed by atoms with Crippen molar-refractivity contribution in [2.75, 3.05) is 0 Å². The second-order valence-corrected chi connectivity index (χ2v) is 6.60. The summed E-state index contributed by atoms with van der Waals surface area (Å²) in [5.74, 6) is -2.50. The number of hydrogen-bond donors (Lipinski definition) is 3. The second kappa shape index (κ2) is 14.0. The average molecular weight is 398 g/mol. The number of aliphatic carboxylic acids is 2. The van der Waals surface area contributed by atoms with Crippen molar-refractivity contribution in [3.05, 3.63) is 36.4 Å². The van der Waals surface area contributed by atoms with Crippen molar-refractivity contribution >= 4 is 22.1 Å². The number of carboxylic acid groups (broad SMARTS) is 2. The van der Waals surface area contributed by atoms with Crippen LogP contribution in [0.15, 0.2) is 24.3 Å². The second-order valence-electron chi connectivity index (χ2n) is 5.00. The number of benzene rings is 1. The largest absolute Gasteiger partial charge is 1.00 e. The first kappa shape index (κ1) is 27.1. The molecule has 0 aromatic heterocycles. The maximum atomic E-state index is 10.2. The number of aryl methyl sites for hydroxylation is 1. The van der Waals surface area contributed by atoms with Crippen LogP contribution in [0.2, 0.25) is 0 Å². The van der Waals surface area contributed by atoms with Gasteiger partial charge in [0.2, 0.25) is 0 Å². The minimum Gasteiger partial charge on any atom is -0.662 e. The Hall–Kier alpha value is -1.13. The molecule has 0 spiro atoms. The van der Waals surface area contributed by atoms with E-state index >= 15 is 0 Å². The molecule has 1 rings (SSSR count). The van der Waals surface area contributed by atoms with Crippen molar-refractivity contribution in [3.8, 4) is 5.75 Å². The normalized spacial score (nSPS) is 11.3. The number of carbonyl (C=O) groups is 2. The molecule has 0 aliphatic heterocycles. The van der Waals surface area contributed by atoms with Crippen molar-refractivity contribution in [2.45, 2.75) is 44.8 Å². The van der Waals surface area contributed by atoms with E-state index in [1.54, 1.807) is 6.61 Å². The SMILES string of the molecule is C[CH-]Oc1ccccc1CCCC.O=C(O)CC(C(=O)O)S(=O)(=O)O.[Na+]. The molecular formula is C16H23NaO8S. The minimum atomic E-state index is -4.84. The third-order valence-corrected chi connectivity index (χ3v) is 4.10. The summed E-state index contributed by atoms with van der Waals surface area (Å²) in [6, 6.07) is 8.22. The molecule has 0 heterocycles. The van der Waals surface area contributed by atoms with Crippen LogP contribution in [0, 0.1) is 6.61 Å². The molecule has 26 heavy (non-hydrogen) atoms. The van der Waals surface area contributed by atoms with Crippen LogP contribution in [0.25, 0.3) is 0 Å². The summed E-state index contributed by atoms with van der Waals surface area (Å²) in [5.41, 5.74) is 1.31. The Morgan fingerprint density at radius 3 is 2.19 bits per heavy atom. The summed E-state index contributed by atoms with van der Waals surface area (Å²) < 4.78 is 34.1. The number of unbranched alkanes of at least 4 members (excludes halogenated alkanes) is 1. The van der Waals surface area contributed by atoms with Crippen LogP contribution in [0.5, 0.6) is 5.75 Å². The smallest absolute Gasteiger partial charge is 0.662 e. The number of ether oxygens (including phenoxy) is 1. The topological polar surface area (TPSA) is 138 Å². The van der Waals surface area contributed by atoms with Crippen LogP contribution in [-0.4, -0.2) is 40.4 Å². The van der Waals surface area contributed by atoms with E-state index in [0.29, 0.717) is 0 Å². The molecule has 0 aliphatic carbocycles. The van der Waals surface area contributed by atoms with Crippen molar-refractivity contribution in [3.63, 3.8) is 0 Å². The van der Waals surface area contributed by atoms with Gasteiger partial charge in [0.1, 0.15) is 0 Å². The van der Waals surface area contributed by atoms with Gasteiger partial charge in [-0.05, 0) is 24.5 Å². The first-order valence-corrected chi connectivity index (χ1v) is 9.07. The van der Waals surface area contributed by atoms with Gasteiger partial charge in [-0.15, -0.1) is 0 Å². The molecule has 3 N–H and O–H groups in total. The first-order valence-electron chi connectivity index (χ1n) is 7.56. The van der Waals surface area contributed by atoms with E-state index in [0.717, 1.165) is 12.2 Å². The Labute approximate surface area is 175 Å². The molecule has 8 nitrogen and oxygen atoms in total. The predicted molar refractivity (Wildman–Crippen MR) is 90.9 cm³/mol.